The molecular formula is C14H18BrN3. The first kappa shape index (κ1) is 13.3. The predicted molar refractivity (Wildman–Crippen MR) is 77.6 cm³/mol. The summed E-state index contributed by atoms with van der Waals surface area (Å²) in [6.45, 7) is 0. The van der Waals surface area contributed by atoms with Crippen molar-refractivity contribution in [1.82, 2.24) is 15.1 Å². The van der Waals surface area contributed by atoms with Crippen LogP contribution in [-0.2, 0) is 19.9 Å². The molecule has 0 aliphatic carbocycles. The average molecular weight is 308 g/mol. The van der Waals surface area contributed by atoms with Crippen molar-refractivity contribution < 1.29 is 0 Å². The summed E-state index contributed by atoms with van der Waals surface area (Å²) in [5.74, 6) is 0. The predicted octanol–water partition coefficient (Wildman–Crippen LogP) is 2.56. The van der Waals surface area contributed by atoms with Gasteiger partial charge < -0.3 is 5.32 Å². The van der Waals surface area contributed by atoms with Crippen LogP contribution in [0.2, 0.25) is 0 Å². The molecule has 1 heterocycles. The van der Waals surface area contributed by atoms with Gasteiger partial charge >= 0.3 is 0 Å². The van der Waals surface area contributed by atoms with Gasteiger partial charge in [-0.1, -0.05) is 28.1 Å². The van der Waals surface area contributed by atoms with Gasteiger partial charge in [-0.25, -0.2) is 0 Å². The van der Waals surface area contributed by atoms with Crippen LogP contribution in [0, 0.1) is 0 Å². The Morgan fingerprint density at radius 1 is 1.22 bits per heavy atom. The second-order valence-corrected chi connectivity index (χ2v) is 5.42. The minimum Gasteiger partial charge on any atom is -0.316 e. The van der Waals surface area contributed by atoms with Crippen molar-refractivity contribution in [3.63, 3.8) is 0 Å². The van der Waals surface area contributed by atoms with E-state index in [1.807, 2.05) is 25.0 Å². The van der Waals surface area contributed by atoms with Crippen molar-refractivity contribution in [3.05, 3.63) is 52.3 Å². The van der Waals surface area contributed by atoms with Crippen LogP contribution in [0.15, 0.2) is 41.0 Å². The Hall–Kier alpha value is -1.13. The third-order valence-electron chi connectivity index (χ3n) is 3.03. The summed E-state index contributed by atoms with van der Waals surface area (Å²) in [7, 11) is 3.96. The summed E-state index contributed by atoms with van der Waals surface area (Å²) >= 11 is 3.46. The number of benzene rings is 1. The maximum absolute atomic E-state index is 4.42. The average Bonchev–Trinajstić information content (AvgIpc) is 2.77. The molecule has 0 bridgehead atoms. The van der Waals surface area contributed by atoms with Crippen LogP contribution in [0.5, 0.6) is 0 Å². The monoisotopic (exact) mass is 307 g/mol. The van der Waals surface area contributed by atoms with Gasteiger partial charge in [0, 0.05) is 30.2 Å². The lowest BCUT2D eigenvalue weighted by Crippen LogP contribution is -2.30. The van der Waals surface area contributed by atoms with Crippen LogP contribution < -0.4 is 5.32 Å². The van der Waals surface area contributed by atoms with Crippen molar-refractivity contribution in [2.24, 2.45) is 7.05 Å². The number of rotatable bonds is 5. The van der Waals surface area contributed by atoms with Gasteiger partial charge in [-0.15, -0.1) is 0 Å². The zero-order chi connectivity index (χ0) is 13.0. The number of halogens is 1. The van der Waals surface area contributed by atoms with Crippen LogP contribution in [0.1, 0.15) is 11.3 Å². The van der Waals surface area contributed by atoms with Crippen molar-refractivity contribution >= 4 is 15.9 Å². The SMILES string of the molecule is CNC(Cc1ccc(Br)cc1)Cc1ccn(C)n1. The smallest absolute Gasteiger partial charge is 0.0640 e. The molecule has 1 aromatic carbocycles. The highest BCUT2D eigenvalue weighted by Gasteiger charge is 2.10. The van der Waals surface area contributed by atoms with Crippen LogP contribution in [-0.4, -0.2) is 22.9 Å². The van der Waals surface area contributed by atoms with E-state index < -0.39 is 0 Å². The van der Waals surface area contributed by atoms with Gasteiger partial charge in [-0.05, 0) is 37.2 Å². The van der Waals surface area contributed by atoms with E-state index in [0.717, 1.165) is 23.0 Å². The summed E-state index contributed by atoms with van der Waals surface area (Å²) in [5, 5.41) is 7.79. The summed E-state index contributed by atoms with van der Waals surface area (Å²) in [4.78, 5) is 0. The van der Waals surface area contributed by atoms with Crippen LogP contribution in [0.3, 0.4) is 0 Å². The Kier molecular flexibility index (Phi) is 4.55. The first-order valence-electron chi connectivity index (χ1n) is 6.07. The van der Waals surface area contributed by atoms with Gasteiger partial charge in [0.2, 0.25) is 0 Å². The highest BCUT2D eigenvalue weighted by molar-refractivity contribution is 9.10. The molecule has 3 nitrogen and oxygen atoms in total. The van der Waals surface area contributed by atoms with E-state index in [-0.39, 0.29) is 0 Å². The van der Waals surface area contributed by atoms with E-state index >= 15 is 0 Å². The number of likely N-dealkylation sites (N-methyl/N-ethyl adjacent to an activating group) is 1. The molecule has 2 aromatic rings. The quantitative estimate of drug-likeness (QED) is 0.920. The zero-order valence-electron chi connectivity index (χ0n) is 10.7. The van der Waals surface area contributed by atoms with Gasteiger partial charge in [0.05, 0.1) is 5.69 Å². The first-order valence-corrected chi connectivity index (χ1v) is 6.87. The maximum atomic E-state index is 4.42. The summed E-state index contributed by atoms with van der Waals surface area (Å²) in [6.07, 6.45) is 3.95. The maximum Gasteiger partial charge on any atom is 0.0640 e. The van der Waals surface area contributed by atoms with Crippen molar-refractivity contribution in [3.8, 4) is 0 Å². The molecule has 0 spiro atoms. The fourth-order valence-corrected chi connectivity index (χ4v) is 2.27. The summed E-state index contributed by atoms with van der Waals surface area (Å²) in [5.41, 5.74) is 2.47. The molecule has 1 atom stereocenters. The fourth-order valence-electron chi connectivity index (χ4n) is 2.01. The zero-order valence-corrected chi connectivity index (χ0v) is 12.3. The Labute approximate surface area is 116 Å². The molecule has 96 valence electrons. The molecule has 2 rings (SSSR count). The molecule has 0 saturated carbocycles. The third kappa shape index (κ3) is 3.68. The molecule has 1 N–H and O–H groups in total. The summed E-state index contributed by atoms with van der Waals surface area (Å²) < 4.78 is 2.97. The molecule has 0 amide bonds. The number of aryl methyl sites for hydroxylation is 1. The third-order valence-corrected chi connectivity index (χ3v) is 3.56. The van der Waals surface area contributed by atoms with Crippen molar-refractivity contribution in [2.75, 3.05) is 7.05 Å². The van der Waals surface area contributed by atoms with E-state index in [4.69, 9.17) is 0 Å². The second-order valence-electron chi connectivity index (χ2n) is 4.50. The van der Waals surface area contributed by atoms with Gasteiger partial charge in [0.1, 0.15) is 0 Å². The minimum atomic E-state index is 0.418. The number of aromatic nitrogens is 2. The highest BCUT2D eigenvalue weighted by atomic mass is 79.9. The van der Waals surface area contributed by atoms with Crippen molar-refractivity contribution in [1.29, 1.82) is 0 Å². The van der Waals surface area contributed by atoms with Crippen molar-refractivity contribution in [2.45, 2.75) is 18.9 Å². The van der Waals surface area contributed by atoms with Crippen LogP contribution in [0.4, 0.5) is 0 Å². The summed E-state index contributed by atoms with van der Waals surface area (Å²) in [6, 6.07) is 11.0. The first-order chi connectivity index (χ1) is 8.67. The molecule has 4 heteroatoms. The molecule has 18 heavy (non-hydrogen) atoms. The number of hydrogen-bond donors (Lipinski definition) is 1. The Morgan fingerprint density at radius 3 is 2.50 bits per heavy atom. The van der Waals surface area contributed by atoms with E-state index in [1.54, 1.807) is 0 Å². The number of nitrogens with zero attached hydrogens (tertiary/aromatic N) is 2. The molecular weight excluding hydrogens is 290 g/mol. The minimum absolute atomic E-state index is 0.418. The van der Waals surface area contributed by atoms with E-state index in [1.165, 1.54) is 5.56 Å². The van der Waals surface area contributed by atoms with Gasteiger partial charge in [-0.2, -0.15) is 5.10 Å². The van der Waals surface area contributed by atoms with Crippen LogP contribution >= 0.6 is 15.9 Å². The molecule has 0 fully saturated rings. The van der Waals surface area contributed by atoms with Crippen LogP contribution in [0.25, 0.3) is 0 Å². The lowest BCUT2D eigenvalue weighted by atomic mass is 10.0. The second kappa shape index (κ2) is 6.16. The van der Waals surface area contributed by atoms with Gasteiger partial charge in [0.15, 0.2) is 0 Å². The molecule has 0 aliphatic rings. The standard InChI is InChI=1S/C14H18BrN3/c1-16-14(10-13-7-8-18(2)17-13)9-11-3-5-12(15)6-4-11/h3-8,14,16H,9-10H2,1-2H3. The number of nitrogens with one attached hydrogen (secondary N) is 1. The normalized spacial score (nSPS) is 12.6. The largest absolute Gasteiger partial charge is 0.316 e. The Bertz CT molecular complexity index is 490. The van der Waals surface area contributed by atoms with Gasteiger partial charge in [0.25, 0.3) is 0 Å². The lowest BCUT2D eigenvalue weighted by Gasteiger charge is -2.15. The molecule has 0 saturated heterocycles. The fraction of sp³-hybridized carbons (Fsp3) is 0.357. The molecule has 0 radical (unpaired) electrons. The Morgan fingerprint density at radius 2 is 1.94 bits per heavy atom. The molecule has 0 aliphatic heterocycles. The highest BCUT2D eigenvalue weighted by Crippen LogP contribution is 2.13. The number of hydrogen-bond acceptors (Lipinski definition) is 2. The van der Waals surface area contributed by atoms with E-state index in [9.17, 15) is 0 Å². The topological polar surface area (TPSA) is 29.9 Å². The van der Waals surface area contributed by atoms with Gasteiger partial charge in [-0.3, -0.25) is 4.68 Å². The molecule has 1 aromatic heterocycles. The van der Waals surface area contributed by atoms with E-state index in [0.29, 0.717) is 6.04 Å². The Balaban J connectivity index is 1.99. The lowest BCUT2D eigenvalue weighted by molar-refractivity contribution is 0.545. The molecule has 1 unspecified atom stereocenters. The van der Waals surface area contributed by atoms with E-state index in [2.05, 4.69) is 56.7 Å².